The molecule has 0 aliphatic heterocycles. The van der Waals surface area contributed by atoms with E-state index in [1.165, 1.54) is 6.07 Å². The fourth-order valence-corrected chi connectivity index (χ4v) is 2.64. The Morgan fingerprint density at radius 3 is 2.57 bits per heavy atom. The van der Waals surface area contributed by atoms with Crippen LogP contribution in [-0.2, 0) is 0 Å². The average molecular weight is 280 g/mol. The first kappa shape index (κ1) is 12.0. The lowest BCUT2D eigenvalue weighted by Crippen LogP contribution is -1.84. The SMILES string of the molecule is Fc1cc2ncccc2c2[nH]c(-c3ccccc3)c(F)c12. The summed E-state index contributed by atoms with van der Waals surface area (Å²) in [6.07, 6.45) is 1.59. The van der Waals surface area contributed by atoms with E-state index in [0.29, 0.717) is 27.7 Å². The summed E-state index contributed by atoms with van der Waals surface area (Å²) >= 11 is 0. The van der Waals surface area contributed by atoms with Crippen LogP contribution in [0.15, 0.2) is 54.7 Å². The van der Waals surface area contributed by atoms with E-state index in [9.17, 15) is 8.78 Å². The van der Waals surface area contributed by atoms with Crippen molar-refractivity contribution < 1.29 is 8.78 Å². The Kier molecular flexibility index (Phi) is 2.51. The molecule has 0 atom stereocenters. The molecule has 102 valence electrons. The van der Waals surface area contributed by atoms with Gasteiger partial charge in [0.2, 0.25) is 0 Å². The molecule has 0 spiro atoms. The van der Waals surface area contributed by atoms with E-state index in [1.807, 2.05) is 18.2 Å². The fraction of sp³-hybridized carbons (Fsp3) is 0. The van der Waals surface area contributed by atoms with Gasteiger partial charge in [-0.25, -0.2) is 8.78 Å². The highest BCUT2D eigenvalue weighted by molar-refractivity contribution is 6.06. The van der Waals surface area contributed by atoms with Crippen molar-refractivity contribution in [2.45, 2.75) is 0 Å². The van der Waals surface area contributed by atoms with Gasteiger partial charge in [-0.15, -0.1) is 0 Å². The maximum atomic E-state index is 14.6. The van der Waals surface area contributed by atoms with Gasteiger partial charge in [-0.2, -0.15) is 0 Å². The molecule has 2 aromatic heterocycles. The van der Waals surface area contributed by atoms with Crippen molar-refractivity contribution in [3.05, 3.63) is 66.4 Å². The van der Waals surface area contributed by atoms with Crippen molar-refractivity contribution in [1.82, 2.24) is 9.97 Å². The number of hydrogen-bond donors (Lipinski definition) is 1. The minimum atomic E-state index is -0.605. The third-order valence-electron chi connectivity index (χ3n) is 3.61. The van der Waals surface area contributed by atoms with Crippen LogP contribution >= 0.6 is 0 Å². The zero-order chi connectivity index (χ0) is 14.4. The van der Waals surface area contributed by atoms with E-state index < -0.39 is 11.6 Å². The van der Waals surface area contributed by atoms with Crippen LogP contribution in [0, 0.1) is 11.6 Å². The van der Waals surface area contributed by atoms with Gasteiger partial charge in [0.05, 0.1) is 22.1 Å². The van der Waals surface area contributed by atoms with Crippen molar-refractivity contribution in [2.75, 3.05) is 0 Å². The lowest BCUT2D eigenvalue weighted by molar-refractivity contribution is 0.612. The van der Waals surface area contributed by atoms with Gasteiger partial charge in [-0.3, -0.25) is 4.98 Å². The summed E-state index contributed by atoms with van der Waals surface area (Å²) in [6, 6.07) is 13.9. The highest BCUT2D eigenvalue weighted by atomic mass is 19.1. The largest absolute Gasteiger partial charge is 0.351 e. The summed E-state index contributed by atoms with van der Waals surface area (Å²) in [6.45, 7) is 0. The summed E-state index contributed by atoms with van der Waals surface area (Å²) in [5, 5.41) is 0.685. The van der Waals surface area contributed by atoms with Crippen molar-refractivity contribution in [2.24, 2.45) is 0 Å². The van der Waals surface area contributed by atoms with Crippen LogP contribution in [0.1, 0.15) is 0 Å². The van der Waals surface area contributed by atoms with Gasteiger partial charge in [-0.05, 0) is 12.1 Å². The molecule has 0 saturated heterocycles. The van der Waals surface area contributed by atoms with E-state index in [-0.39, 0.29) is 5.39 Å². The van der Waals surface area contributed by atoms with Crippen molar-refractivity contribution >= 4 is 21.8 Å². The smallest absolute Gasteiger partial charge is 0.159 e. The van der Waals surface area contributed by atoms with Gasteiger partial charge in [0, 0.05) is 23.2 Å². The average Bonchev–Trinajstić information content (AvgIpc) is 2.87. The second-order valence-corrected chi connectivity index (χ2v) is 4.86. The van der Waals surface area contributed by atoms with Crippen LogP contribution in [-0.4, -0.2) is 9.97 Å². The van der Waals surface area contributed by atoms with Gasteiger partial charge in [0.15, 0.2) is 5.82 Å². The summed E-state index contributed by atoms with van der Waals surface area (Å²) in [5.74, 6) is -1.17. The minimum absolute atomic E-state index is 0.0191. The molecule has 0 aliphatic rings. The standard InChI is InChI=1S/C17H10F2N2/c18-12-9-13-11(7-4-8-20-13)17-14(12)15(19)16(21-17)10-5-2-1-3-6-10/h1-9,21H. The van der Waals surface area contributed by atoms with Gasteiger partial charge in [0.25, 0.3) is 0 Å². The first-order valence-electron chi connectivity index (χ1n) is 6.55. The van der Waals surface area contributed by atoms with Crippen molar-refractivity contribution in [3.63, 3.8) is 0 Å². The minimum Gasteiger partial charge on any atom is -0.351 e. The fourth-order valence-electron chi connectivity index (χ4n) is 2.64. The molecule has 0 aliphatic carbocycles. The van der Waals surface area contributed by atoms with Crippen LogP contribution in [0.3, 0.4) is 0 Å². The molecule has 4 aromatic rings. The lowest BCUT2D eigenvalue weighted by atomic mass is 10.1. The highest BCUT2D eigenvalue weighted by Gasteiger charge is 2.18. The molecule has 4 heteroatoms. The summed E-state index contributed by atoms with van der Waals surface area (Å²) in [4.78, 5) is 7.13. The monoisotopic (exact) mass is 280 g/mol. The molecule has 0 saturated carbocycles. The zero-order valence-electron chi connectivity index (χ0n) is 10.9. The molecule has 21 heavy (non-hydrogen) atoms. The third-order valence-corrected chi connectivity index (χ3v) is 3.61. The Hall–Kier alpha value is -2.75. The number of aromatic amines is 1. The lowest BCUT2D eigenvalue weighted by Gasteiger charge is -1.99. The number of rotatable bonds is 1. The second kappa shape index (κ2) is 4.38. The number of halogens is 2. The zero-order valence-corrected chi connectivity index (χ0v) is 10.9. The van der Waals surface area contributed by atoms with Crippen LogP contribution in [0.25, 0.3) is 33.1 Å². The molecule has 2 heterocycles. The molecule has 0 unspecified atom stereocenters. The normalized spacial score (nSPS) is 11.3. The topological polar surface area (TPSA) is 28.7 Å². The van der Waals surface area contributed by atoms with Crippen LogP contribution in [0.5, 0.6) is 0 Å². The van der Waals surface area contributed by atoms with Gasteiger partial charge in [-0.1, -0.05) is 30.3 Å². The quantitative estimate of drug-likeness (QED) is 0.539. The van der Waals surface area contributed by atoms with Gasteiger partial charge < -0.3 is 4.98 Å². The van der Waals surface area contributed by atoms with Gasteiger partial charge >= 0.3 is 0 Å². The number of aromatic nitrogens is 2. The molecular formula is C17H10F2N2. The second-order valence-electron chi connectivity index (χ2n) is 4.86. The van der Waals surface area contributed by atoms with E-state index in [0.717, 1.165) is 0 Å². The maximum absolute atomic E-state index is 14.6. The molecule has 4 rings (SSSR count). The number of fused-ring (bicyclic) bond motifs is 3. The van der Waals surface area contributed by atoms with Crippen LogP contribution in [0.4, 0.5) is 8.78 Å². The molecule has 0 bridgehead atoms. The van der Waals surface area contributed by atoms with Gasteiger partial charge in [0.1, 0.15) is 5.82 Å². The molecule has 0 fully saturated rings. The Morgan fingerprint density at radius 1 is 0.952 bits per heavy atom. The number of nitrogens with one attached hydrogen (secondary N) is 1. The van der Waals surface area contributed by atoms with Crippen molar-refractivity contribution in [1.29, 1.82) is 0 Å². The molecule has 2 aromatic carbocycles. The number of pyridine rings is 1. The van der Waals surface area contributed by atoms with Crippen molar-refractivity contribution in [3.8, 4) is 11.3 Å². The number of benzene rings is 2. The van der Waals surface area contributed by atoms with Crippen LogP contribution in [0.2, 0.25) is 0 Å². The number of nitrogens with zero attached hydrogens (tertiary/aromatic N) is 1. The van der Waals surface area contributed by atoms with E-state index in [2.05, 4.69) is 9.97 Å². The summed E-state index contributed by atoms with van der Waals surface area (Å²) in [7, 11) is 0. The molecule has 1 N–H and O–H groups in total. The Balaban J connectivity index is 2.15. The maximum Gasteiger partial charge on any atom is 0.159 e. The Labute approximate surface area is 119 Å². The van der Waals surface area contributed by atoms with E-state index in [1.54, 1.807) is 30.5 Å². The predicted molar refractivity (Wildman–Crippen MR) is 79.0 cm³/mol. The first-order chi connectivity index (χ1) is 10.3. The van der Waals surface area contributed by atoms with Crippen LogP contribution < -0.4 is 0 Å². The van der Waals surface area contributed by atoms with E-state index in [4.69, 9.17) is 0 Å². The number of hydrogen-bond acceptors (Lipinski definition) is 1. The Bertz CT molecular complexity index is 959. The summed E-state index contributed by atoms with van der Waals surface area (Å²) in [5.41, 5.74) is 1.92. The molecular weight excluding hydrogens is 270 g/mol. The summed E-state index contributed by atoms with van der Waals surface area (Å²) < 4.78 is 28.8. The predicted octanol–water partition coefficient (Wildman–Crippen LogP) is 4.66. The third kappa shape index (κ3) is 1.72. The molecule has 0 amide bonds. The molecule has 2 nitrogen and oxygen atoms in total. The van der Waals surface area contributed by atoms with E-state index >= 15 is 0 Å². The Morgan fingerprint density at radius 2 is 1.76 bits per heavy atom. The number of H-pyrrole nitrogens is 1. The highest BCUT2D eigenvalue weighted by Crippen LogP contribution is 2.34. The molecule has 0 radical (unpaired) electrons. The first-order valence-corrected chi connectivity index (χ1v) is 6.55.